The highest BCUT2D eigenvalue weighted by molar-refractivity contribution is 9.11. The van der Waals surface area contributed by atoms with Crippen LogP contribution in [-0.4, -0.2) is 5.97 Å². The maximum atomic E-state index is 13.4. The van der Waals surface area contributed by atoms with Crippen LogP contribution >= 0.6 is 43.2 Å². The van der Waals surface area contributed by atoms with Crippen LogP contribution in [0.2, 0.25) is 0 Å². The molecular formula is C11H5Br2FO2S. The van der Waals surface area contributed by atoms with Gasteiger partial charge in [0.1, 0.15) is 4.88 Å². The molecule has 0 saturated heterocycles. The molecule has 1 aromatic carbocycles. The first-order valence-electron chi connectivity index (χ1n) is 4.49. The van der Waals surface area contributed by atoms with E-state index in [-0.39, 0.29) is 5.75 Å². The monoisotopic (exact) mass is 378 g/mol. The zero-order valence-electron chi connectivity index (χ0n) is 8.25. The number of hydrogen-bond donors (Lipinski definition) is 0. The molecule has 88 valence electrons. The van der Waals surface area contributed by atoms with Gasteiger partial charge in [-0.05, 0) is 46.3 Å². The van der Waals surface area contributed by atoms with Gasteiger partial charge in [-0.25, -0.2) is 9.18 Å². The van der Waals surface area contributed by atoms with Crippen molar-refractivity contribution >= 4 is 49.2 Å². The number of ether oxygens (including phenoxy) is 1. The summed E-state index contributed by atoms with van der Waals surface area (Å²) >= 11 is 7.60. The molecule has 0 bridgehead atoms. The van der Waals surface area contributed by atoms with Crippen LogP contribution in [0, 0.1) is 5.82 Å². The number of halogens is 3. The van der Waals surface area contributed by atoms with E-state index in [1.165, 1.54) is 23.5 Å². The van der Waals surface area contributed by atoms with Crippen molar-refractivity contribution in [3.63, 3.8) is 0 Å². The van der Waals surface area contributed by atoms with Crippen LogP contribution in [0.15, 0.2) is 38.6 Å². The number of esters is 1. The number of benzene rings is 1. The van der Waals surface area contributed by atoms with E-state index in [9.17, 15) is 9.18 Å². The molecule has 6 heteroatoms. The summed E-state index contributed by atoms with van der Waals surface area (Å²) in [6.07, 6.45) is 0. The molecule has 0 unspecified atom stereocenters. The second-order valence-corrected chi connectivity index (χ2v) is 6.45. The highest BCUT2D eigenvalue weighted by Crippen LogP contribution is 2.25. The average molecular weight is 380 g/mol. The Kier molecular flexibility index (Phi) is 3.96. The molecule has 2 nitrogen and oxygen atoms in total. The second kappa shape index (κ2) is 5.29. The van der Waals surface area contributed by atoms with Gasteiger partial charge in [-0.1, -0.05) is 15.9 Å². The van der Waals surface area contributed by atoms with Crippen molar-refractivity contribution in [1.82, 2.24) is 0 Å². The third-order valence-electron chi connectivity index (χ3n) is 1.87. The lowest BCUT2D eigenvalue weighted by Crippen LogP contribution is -2.07. The summed E-state index contributed by atoms with van der Waals surface area (Å²) in [6, 6.07) is 7.61. The van der Waals surface area contributed by atoms with E-state index in [4.69, 9.17) is 4.74 Å². The molecule has 0 amide bonds. The average Bonchev–Trinajstić information content (AvgIpc) is 2.69. The predicted octanol–water partition coefficient (Wildman–Crippen LogP) is 4.63. The molecule has 0 aliphatic rings. The normalized spacial score (nSPS) is 10.3. The molecule has 2 rings (SSSR count). The minimum Gasteiger partial charge on any atom is -0.419 e. The summed E-state index contributed by atoms with van der Waals surface area (Å²) in [5.74, 6) is -1.23. The standard InChI is InChI=1S/C11H5Br2FO2S/c12-6-1-2-8(7(14)5-6)16-11(15)9-3-4-10(13)17-9/h1-5H. The summed E-state index contributed by atoms with van der Waals surface area (Å²) in [4.78, 5) is 12.1. The maximum absolute atomic E-state index is 13.4. The molecule has 0 atom stereocenters. The van der Waals surface area contributed by atoms with E-state index in [2.05, 4.69) is 31.9 Å². The van der Waals surface area contributed by atoms with Crippen molar-refractivity contribution in [2.24, 2.45) is 0 Å². The first-order chi connectivity index (χ1) is 8.06. The van der Waals surface area contributed by atoms with Gasteiger partial charge in [0.15, 0.2) is 11.6 Å². The van der Waals surface area contributed by atoms with Crippen LogP contribution in [0.3, 0.4) is 0 Å². The molecule has 0 aliphatic carbocycles. The third kappa shape index (κ3) is 3.14. The smallest absolute Gasteiger partial charge is 0.353 e. The van der Waals surface area contributed by atoms with E-state index in [1.807, 2.05) is 0 Å². The van der Waals surface area contributed by atoms with Crippen molar-refractivity contribution in [2.45, 2.75) is 0 Å². The van der Waals surface area contributed by atoms with E-state index >= 15 is 0 Å². The third-order valence-corrected chi connectivity index (χ3v) is 3.97. The molecule has 0 saturated carbocycles. The molecule has 0 fully saturated rings. The molecule has 2 aromatic rings. The molecule has 17 heavy (non-hydrogen) atoms. The van der Waals surface area contributed by atoms with Gasteiger partial charge in [0.2, 0.25) is 0 Å². The zero-order valence-corrected chi connectivity index (χ0v) is 12.2. The quantitative estimate of drug-likeness (QED) is 0.561. The molecule has 0 spiro atoms. The van der Waals surface area contributed by atoms with Crippen LogP contribution in [0.25, 0.3) is 0 Å². The topological polar surface area (TPSA) is 26.3 Å². The Morgan fingerprint density at radius 2 is 2.00 bits per heavy atom. The van der Waals surface area contributed by atoms with Gasteiger partial charge in [0.25, 0.3) is 0 Å². The summed E-state index contributed by atoms with van der Waals surface area (Å²) < 4.78 is 19.8. The zero-order chi connectivity index (χ0) is 12.4. The molecule has 0 radical (unpaired) electrons. The molecule has 1 heterocycles. The van der Waals surface area contributed by atoms with E-state index < -0.39 is 11.8 Å². The SMILES string of the molecule is O=C(Oc1ccc(Br)cc1F)c1ccc(Br)s1. The number of thiophene rings is 1. The first-order valence-corrected chi connectivity index (χ1v) is 6.89. The van der Waals surface area contributed by atoms with Gasteiger partial charge in [-0.3, -0.25) is 0 Å². The van der Waals surface area contributed by atoms with Crippen molar-refractivity contribution < 1.29 is 13.9 Å². The van der Waals surface area contributed by atoms with Crippen LogP contribution < -0.4 is 4.74 Å². The van der Waals surface area contributed by atoms with Gasteiger partial charge < -0.3 is 4.74 Å². The molecule has 1 aromatic heterocycles. The van der Waals surface area contributed by atoms with E-state index in [1.54, 1.807) is 18.2 Å². The molecule has 0 N–H and O–H groups in total. The first kappa shape index (κ1) is 12.7. The van der Waals surface area contributed by atoms with Crippen molar-refractivity contribution in [3.05, 3.63) is 49.3 Å². The van der Waals surface area contributed by atoms with Crippen LogP contribution in [-0.2, 0) is 0 Å². The maximum Gasteiger partial charge on any atom is 0.353 e. The van der Waals surface area contributed by atoms with Gasteiger partial charge in [-0.2, -0.15) is 0 Å². The fraction of sp³-hybridized carbons (Fsp3) is 0. The second-order valence-electron chi connectivity index (χ2n) is 3.07. The Morgan fingerprint density at radius 3 is 2.59 bits per heavy atom. The summed E-state index contributed by atoms with van der Waals surface area (Å²) in [5, 5.41) is 0. The van der Waals surface area contributed by atoms with Gasteiger partial charge in [0.05, 0.1) is 3.79 Å². The Balaban J connectivity index is 2.18. The van der Waals surface area contributed by atoms with Crippen molar-refractivity contribution in [1.29, 1.82) is 0 Å². The Bertz CT molecular complexity index is 568. The lowest BCUT2D eigenvalue weighted by molar-refractivity contribution is 0.0733. The fourth-order valence-corrected chi connectivity index (χ4v) is 2.73. The van der Waals surface area contributed by atoms with Gasteiger partial charge >= 0.3 is 5.97 Å². The summed E-state index contributed by atoms with van der Waals surface area (Å²) in [6.45, 7) is 0. The minimum atomic E-state index is -0.580. The van der Waals surface area contributed by atoms with Crippen molar-refractivity contribution in [2.75, 3.05) is 0 Å². The lowest BCUT2D eigenvalue weighted by atomic mass is 10.3. The van der Waals surface area contributed by atoms with Crippen molar-refractivity contribution in [3.8, 4) is 5.75 Å². The van der Waals surface area contributed by atoms with Crippen LogP contribution in [0.4, 0.5) is 4.39 Å². The van der Waals surface area contributed by atoms with Crippen LogP contribution in [0.1, 0.15) is 9.67 Å². The van der Waals surface area contributed by atoms with E-state index in [0.717, 1.165) is 3.79 Å². The lowest BCUT2D eigenvalue weighted by Gasteiger charge is -2.03. The predicted molar refractivity (Wildman–Crippen MR) is 71.1 cm³/mol. The summed E-state index contributed by atoms with van der Waals surface area (Å²) in [5.41, 5.74) is 0. The number of hydrogen-bond acceptors (Lipinski definition) is 3. The minimum absolute atomic E-state index is 0.0808. The fourth-order valence-electron chi connectivity index (χ4n) is 1.13. The number of carbonyl (C=O) groups excluding carboxylic acids is 1. The van der Waals surface area contributed by atoms with Gasteiger partial charge in [-0.15, -0.1) is 11.3 Å². The Hall–Kier alpha value is -0.720. The number of rotatable bonds is 2. The summed E-state index contributed by atoms with van der Waals surface area (Å²) in [7, 11) is 0. The largest absolute Gasteiger partial charge is 0.419 e. The molecule has 0 aliphatic heterocycles. The van der Waals surface area contributed by atoms with E-state index in [0.29, 0.717) is 9.35 Å². The highest BCUT2D eigenvalue weighted by atomic mass is 79.9. The number of carbonyl (C=O) groups is 1. The van der Waals surface area contributed by atoms with Crippen LogP contribution in [0.5, 0.6) is 5.75 Å². The molecular weight excluding hydrogens is 375 g/mol. The van der Waals surface area contributed by atoms with Gasteiger partial charge in [0, 0.05) is 4.47 Å². The Labute approximate surface area is 118 Å². The Morgan fingerprint density at radius 1 is 1.24 bits per heavy atom. The highest BCUT2D eigenvalue weighted by Gasteiger charge is 2.13.